The molecular weight excluding hydrogens is 258 g/mol. The molecule has 0 saturated carbocycles. The van der Waals surface area contributed by atoms with Crippen molar-refractivity contribution in [1.29, 1.82) is 0 Å². The molecule has 0 bridgehead atoms. The van der Waals surface area contributed by atoms with Gasteiger partial charge in [-0.2, -0.15) is 0 Å². The molecule has 1 aliphatic rings. The molecule has 1 fully saturated rings. The lowest BCUT2D eigenvalue weighted by molar-refractivity contribution is 0.0829. The molecule has 2 N–H and O–H groups in total. The van der Waals surface area contributed by atoms with E-state index < -0.39 is 0 Å². The third kappa shape index (κ3) is 4.53. The van der Waals surface area contributed by atoms with Crippen molar-refractivity contribution in [2.45, 2.75) is 32.7 Å². The summed E-state index contributed by atoms with van der Waals surface area (Å²) in [5, 5.41) is 0. The van der Waals surface area contributed by atoms with Gasteiger partial charge in [-0.15, -0.1) is 0 Å². The largest absolute Gasteiger partial charge is 0.329 e. The number of nitrogens with two attached hydrogens (primary N) is 1. The lowest BCUT2D eigenvalue weighted by Gasteiger charge is -2.41. The molecule has 21 heavy (non-hydrogen) atoms. The second-order valence-corrected chi connectivity index (χ2v) is 6.73. The van der Waals surface area contributed by atoms with E-state index in [0.717, 1.165) is 25.6 Å². The Balaban J connectivity index is 1.93. The van der Waals surface area contributed by atoms with Crippen LogP contribution in [-0.4, -0.2) is 55.1 Å². The van der Waals surface area contributed by atoms with Crippen molar-refractivity contribution < 1.29 is 0 Å². The molecule has 1 aromatic carbocycles. The standard InChI is InChI=1S/C18H31N3/c1-15(2)14-20-9-11-21(12-10-20)18(13-19)16(3)17-7-5-4-6-8-17/h4-8,15-16,18H,9-14,19H2,1-3H3. The third-order valence-corrected chi connectivity index (χ3v) is 4.64. The maximum Gasteiger partial charge on any atom is 0.0285 e. The van der Waals surface area contributed by atoms with Gasteiger partial charge in [0.2, 0.25) is 0 Å². The Labute approximate surface area is 130 Å². The Hall–Kier alpha value is -0.900. The Morgan fingerprint density at radius 2 is 1.62 bits per heavy atom. The number of rotatable bonds is 6. The summed E-state index contributed by atoms with van der Waals surface area (Å²) in [6.45, 7) is 13.5. The zero-order valence-corrected chi connectivity index (χ0v) is 13.8. The second kappa shape index (κ2) is 7.92. The van der Waals surface area contributed by atoms with E-state index >= 15 is 0 Å². The topological polar surface area (TPSA) is 32.5 Å². The fraction of sp³-hybridized carbons (Fsp3) is 0.667. The SMILES string of the molecule is CC(C)CN1CCN(C(CN)C(C)c2ccccc2)CC1. The molecule has 1 heterocycles. The van der Waals surface area contributed by atoms with E-state index in [-0.39, 0.29) is 0 Å². The molecule has 2 rings (SSSR count). The van der Waals surface area contributed by atoms with Gasteiger partial charge in [0.15, 0.2) is 0 Å². The van der Waals surface area contributed by atoms with Crippen LogP contribution < -0.4 is 5.73 Å². The monoisotopic (exact) mass is 289 g/mol. The quantitative estimate of drug-likeness (QED) is 0.873. The van der Waals surface area contributed by atoms with Crippen molar-refractivity contribution in [2.75, 3.05) is 39.3 Å². The summed E-state index contributed by atoms with van der Waals surface area (Å²) in [5.74, 6) is 1.25. The fourth-order valence-corrected chi connectivity index (χ4v) is 3.44. The number of hydrogen-bond donors (Lipinski definition) is 1. The second-order valence-electron chi connectivity index (χ2n) is 6.73. The first-order chi connectivity index (χ1) is 10.1. The summed E-state index contributed by atoms with van der Waals surface area (Å²) in [7, 11) is 0. The van der Waals surface area contributed by atoms with Gasteiger partial charge in [0.25, 0.3) is 0 Å². The number of nitrogens with zero attached hydrogens (tertiary/aromatic N) is 2. The van der Waals surface area contributed by atoms with E-state index in [4.69, 9.17) is 5.73 Å². The Bertz CT molecular complexity index is 396. The summed E-state index contributed by atoms with van der Waals surface area (Å²) >= 11 is 0. The molecule has 0 aromatic heterocycles. The zero-order valence-electron chi connectivity index (χ0n) is 13.8. The third-order valence-electron chi connectivity index (χ3n) is 4.64. The minimum Gasteiger partial charge on any atom is -0.329 e. The van der Waals surface area contributed by atoms with Crippen LogP contribution in [0.25, 0.3) is 0 Å². The van der Waals surface area contributed by atoms with Gasteiger partial charge in [0.1, 0.15) is 0 Å². The van der Waals surface area contributed by atoms with Gasteiger partial charge in [-0.1, -0.05) is 51.1 Å². The Morgan fingerprint density at radius 3 is 2.14 bits per heavy atom. The van der Waals surface area contributed by atoms with Crippen LogP contribution in [0.4, 0.5) is 0 Å². The smallest absolute Gasteiger partial charge is 0.0285 e. The van der Waals surface area contributed by atoms with Crippen molar-refractivity contribution in [1.82, 2.24) is 9.80 Å². The van der Waals surface area contributed by atoms with E-state index in [1.54, 1.807) is 0 Å². The van der Waals surface area contributed by atoms with Gasteiger partial charge in [0, 0.05) is 45.3 Å². The molecule has 0 spiro atoms. The highest BCUT2D eigenvalue weighted by molar-refractivity contribution is 5.20. The average Bonchev–Trinajstić information content (AvgIpc) is 2.50. The molecule has 3 nitrogen and oxygen atoms in total. The molecule has 2 unspecified atom stereocenters. The molecular formula is C18H31N3. The predicted octanol–water partition coefficient (Wildman–Crippen LogP) is 2.39. The molecule has 1 aliphatic heterocycles. The van der Waals surface area contributed by atoms with Crippen molar-refractivity contribution in [3.63, 3.8) is 0 Å². The van der Waals surface area contributed by atoms with E-state index in [1.807, 2.05) is 0 Å². The highest BCUT2D eigenvalue weighted by Gasteiger charge is 2.27. The van der Waals surface area contributed by atoms with Crippen molar-refractivity contribution in [3.8, 4) is 0 Å². The van der Waals surface area contributed by atoms with Crippen LogP contribution in [0.3, 0.4) is 0 Å². The van der Waals surface area contributed by atoms with Crippen LogP contribution >= 0.6 is 0 Å². The van der Waals surface area contributed by atoms with Crippen LogP contribution in [0, 0.1) is 5.92 Å². The summed E-state index contributed by atoms with van der Waals surface area (Å²) in [4.78, 5) is 5.18. The molecule has 1 saturated heterocycles. The first kappa shape index (κ1) is 16.5. The summed E-state index contributed by atoms with van der Waals surface area (Å²) in [5.41, 5.74) is 7.50. The van der Waals surface area contributed by atoms with Crippen LogP contribution in [0.2, 0.25) is 0 Å². The minimum absolute atomic E-state index is 0.452. The molecule has 0 aliphatic carbocycles. The summed E-state index contributed by atoms with van der Waals surface area (Å²) in [6, 6.07) is 11.2. The van der Waals surface area contributed by atoms with E-state index in [1.165, 1.54) is 25.2 Å². The highest BCUT2D eigenvalue weighted by atomic mass is 15.3. The van der Waals surface area contributed by atoms with Crippen LogP contribution in [0.1, 0.15) is 32.3 Å². The molecule has 118 valence electrons. The van der Waals surface area contributed by atoms with E-state index in [2.05, 4.69) is 60.9 Å². The lowest BCUT2D eigenvalue weighted by atomic mass is 9.91. The maximum atomic E-state index is 6.10. The van der Waals surface area contributed by atoms with Gasteiger partial charge < -0.3 is 10.6 Å². The van der Waals surface area contributed by atoms with Gasteiger partial charge in [-0.05, 0) is 17.4 Å². The predicted molar refractivity (Wildman–Crippen MR) is 90.6 cm³/mol. The fourth-order valence-electron chi connectivity index (χ4n) is 3.44. The Morgan fingerprint density at radius 1 is 1.00 bits per heavy atom. The normalized spacial score (nSPS) is 20.6. The first-order valence-corrected chi connectivity index (χ1v) is 8.33. The van der Waals surface area contributed by atoms with E-state index in [9.17, 15) is 0 Å². The van der Waals surface area contributed by atoms with Crippen molar-refractivity contribution >= 4 is 0 Å². The molecule has 0 radical (unpaired) electrons. The first-order valence-electron chi connectivity index (χ1n) is 8.33. The molecule has 3 heteroatoms. The van der Waals surface area contributed by atoms with Crippen molar-refractivity contribution in [3.05, 3.63) is 35.9 Å². The van der Waals surface area contributed by atoms with E-state index in [0.29, 0.717) is 12.0 Å². The maximum absolute atomic E-state index is 6.10. The van der Waals surface area contributed by atoms with Gasteiger partial charge in [0.05, 0.1) is 0 Å². The highest BCUT2D eigenvalue weighted by Crippen LogP contribution is 2.23. The van der Waals surface area contributed by atoms with Crippen molar-refractivity contribution in [2.24, 2.45) is 11.7 Å². The minimum atomic E-state index is 0.452. The number of hydrogen-bond acceptors (Lipinski definition) is 3. The zero-order chi connectivity index (χ0) is 15.2. The van der Waals surface area contributed by atoms with Gasteiger partial charge in [-0.25, -0.2) is 0 Å². The lowest BCUT2D eigenvalue weighted by Crippen LogP contribution is -2.54. The van der Waals surface area contributed by atoms with Gasteiger partial charge >= 0.3 is 0 Å². The van der Waals surface area contributed by atoms with Gasteiger partial charge in [-0.3, -0.25) is 4.90 Å². The summed E-state index contributed by atoms with van der Waals surface area (Å²) in [6.07, 6.45) is 0. The van der Waals surface area contributed by atoms with Crippen LogP contribution in [0.5, 0.6) is 0 Å². The number of benzene rings is 1. The van der Waals surface area contributed by atoms with Crippen LogP contribution in [-0.2, 0) is 0 Å². The Kier molecular flexibility index (Phi) is 6.22. The summed E-state index contributed by atoms with van der Waals surface area (Å²) < 4.78 is 0. The molecule has 1 aromatic rings. The number of piperazine rings is 1. The van der Waals surface area contributed by atoms with Crippen LogP contribution in [0.15, 0.2) is 30.3 Å². The molecule has 2 atom stereocenters. The molecule has 0 amide bonds. The average molecular weight is 289 g/mol.